The minimum absolute atomic E-state index is 0.106. The summed E-state index contributed by atoms with van der Waals surface area (Å²) in [6.07, 6.45) is 5.63. The van der Waals surface area contributed by atoms with Crippen molar-refractivity contribution in [3.63, 3.8) is 0 Å². The molecule has 1 amide bonds. The fourth-order valence-electron chi connectivity index (χ4n) is 3.71. The first kappa shape index (κ1) is 20.5. The number of rotatable bonds is 6. The second kappa shape index (κ2) is 8.51. The Hall–Kier alpha value is -3.81. The molecule has 158 valence electrons. The highest BCUT2D eigenvalue weighted by Gasteiger charge is 2.45. The summed E-state index contributed by atoms with van der Waals surface area (Å²) < 4.78 is 28.6. The number of benzene rings is 2. The minimum atomic E-state index is -0.881. The van der Waals surface area contributed by atoms with Crippen LogP contribution in [-0.4, -0.2) is 37.8 Å². The predicted octanol–water partition coefficient (Wildman–Crippen LogP) is 3.67. The van der Waals surface area contributed by atoms with Gasteiger partial charge >= 0.3 is 0 Å². The van der Waals surface area contributed by atoms with E-state index in [1.54, 1.807) is 18.7 Å². The number of carbonyl (C=O) groups excluding carboxylic acids is 2. The first-order valence-electron chi connectivity index (χ1n) is 9.71. The second-order valence-corrected chi connectivity index (χ2v) is 7.20. The zero-order valence-corrected chi connectivity index (χ0v) is 16.4. The molecule has 1 saturated heterocycles. The van der Waals surface area contributed by atoms with Gasteiger partial charge in [0.1, 0.15) is 17.4 Å². The predicted molar refractivity (Wildman–Crippen MR) is 109 cm³/mol. The molecule has 3 aromatic rings. The van der Waals surface area contributed by atoms with Gasteiger partial charge in [-0.3, -0.25) is 9.59 Å². The maximum atomic E-state index is 13.5. The normalized spacial score (nSPS) is 18.0. The average molecular weight is 423 g/mol. The second-order valence-electron chi connectivity index (χ2n) is 7.20. The third-order valence-electron chi connectivity index (χ3n) is 5.22. The summed E-state index contributed by atoms with van der Waals surface area (Å²) in [7, 11) is 0. The van der Waals surface area contributed by atoms with E-state index in [-0.39, 0.29) is 17.7 Å². The smallest absolute Gasteiger partial charge is 0.295 e. The molecule has 1 aromatic heterocycles. The molecule has 0 saturated carbocycles. The molecule has 31 heavy (non-hydrogen) atoms. The lowest BCUT2D eigenvalue weighted by atomic mass is 9.95. The molecule has 8 heteroatoms. The molecule has 0 radical (unpaired) electrons. The number of imidazole rings is 1. The van der Waals surface area contributed by atoms with Gasteiger partial charge in [0.25, 0.3) is 11.7 Å². The molecule has 0 spiro atoms. The highest BCUT2D eigenvalue weighted by Crippen LogP contribution is 2.39. The van der Waals surface area contributed by atoms with E-state index >= 15 is 0 Å². The van der Waals surface area contributed by atoms with E-state index < -0.39 is 35.1 Å². The first-order valence-corrected chi connectivity index (χ1v) is 9.71. The van der Waals surface area contributed by atoms with Crippen LogP contribution in [0.4, 0.5) is 8.78 Å². The van der Waals surface area contributed by atoms with Crippen LogP contribution in [0.1, 0.15) is 23.6 Å². The van der Waals surface area contributed by atoms with Crippen LogP contribution in [0.25, 0.3) is 5.76 Å². The van der Waals surface area contributed by atoms with Gasteiger partial charge in [-0.1, -0.05) is 12.1 Å². The van der Waals surface area contributed by atoms with Crippen LogP contribution in [0.15, 0.2) is 72.8 Å². The van der Waals surface area contributed by atoms with Gasteiger partial charge in [-0.15, -0.1) is 0 Å². The molecular weight excluding hydrogens is 404 g/mol. The summed E-state index contributed by atoms with van der Waals surface area (Å²) >= 11 is 0. The molecule has 1 fully saturated rings. The van der Waals surface area contributed by atoms with Crippen LogP contribution >= 0.6 is 0 Å². The number of hydrogen-bond acceptors (Lipinski definition) is 4. The van der Waals surface area contributed by atoms with Gasteiger partial charge in [0, 0.05) is 31.0 Å². The molecule has 4 rings (SSSR count). The number of halogens is 2. The van der Waals surface area contributed by atoms with Gasteiger partial charge in [-0.2, -0.15) is 0 Å². The lowest BCUT2D eigenvalue weighted by Crippen LogP contribution is -2.31. The van der Waals surface area contributed by atoms with Gasteiger partial charge in [0.2, 0.25) is 0 Å². The van der Waals surface area contributed by atoms with E-state index in [1.807, 2.05) is 4.57 Å². The number of Topliss-reactive ketones (excluding diaryl/α,β-unsaturated/α-hetero) is 1. The van der Waals surface area contributed by atoms with Crippen molar-refractivity contribution >= 4 is 17.4 Å². The van der Waals surface area contributed by atoms with Crippen LogP contribution < -0.4 is 0 Å². The van der Waals surface area contributed by atoms with Crippen LogP contribution in [0.5, 0.6) is 0 Å². The van der Waals surface area contributed by atoms with E-state index in [0.29, 0.717) is 18.5 Å². The van der Waals surface area contributed by atoms with Crippen LogP contribution in [0.3, 0.4) is 0 Å². The van der Waals surface area contributed by atoms with Gasteiger partial charge in [-0.25, -0.2) is 13.8 Å². The molecular formula is C23H19F2N3O3. The van der Waals surface area contributed by atoms with Crippen molar-refractivity contribution in [1.82, 2.24) is 14.5 Å². The number of ketones is 1. The van der Waals surface area contributed by atoms with Crippen molar-refractivity contribution in [2.24, 2.45) is 0 Å². The maximum Gasteiger partial charge on any atom is 0.295 e. The quantitative estimate of drug-likeness (QED) is 0.373. The average Bonchev–Trinajstić information content (AvgIpc) is 3.37. The summed E-state index contributed by atoms with van der Waals surface area (Å²) in [5.41, 5.74) is 0.600. The molecule has 0 bridgehead atoms. The third kappa shape index (κ3) is 4.09. The van der Waals surface area contributed by atoms with Crippen molar-refractivity contribution in [3.8, 4) is 0 Å². The van der Waals surface area contributed by atoms with E-state index in [0.717, 1.165) is 12.1 Å². The fourth-order valence-corrected chi connectivity index (χ4v) is 3.71. The highest BCUT2D eigenvalue weighted by atomic mass is 19.1. The van der Waals surface area contributed by atoms with Crippen molar-refractivity contribution in [3.05, 3.63) is 95.6 Å². The van der Waals surface area contributed by atoms with E-state index in [2.05, 4.69) is 4.98 Å². The summed E-state index contributed by atoms with van der Waals surface area (Å²) in [6, 6.07) is 9.52. The Labute approximate surface area is 177 Å². The molecule has 1 aliphatic heterocycles. The van der Waals surface area contributed by atoms with E-state index in [1.165, 1.54) is 41.3 Å². The van der Waals surface area contributed by atoms with Crippen molar-refractivity contribution in [1.29, 1.82) is 0 Å². The van der Waals surface area contributed by atoms with Crippen LogP contribution in [-0.2, 0) is 16.1 Å². The Morgan fingerprint density at radius 2 is 1.61 bits per heavy atom. The molecule has 1 N–H and O–H groups in total. The molecule has 2 aromatic carbocycles. The minimum Gasteiger partial charge on any atom is -0.507 e. The number of likely N-dealkylation sites (tertiary alicyclic amines) is 1. The lowest BCUT2D eigenvalue weighted by molar-refractivity contribution is -0.139. The zero-order chi connectivity index (χ0) is 22.0. The number of carbonyl (C=O) groups is 2. The maximum absolute atomic E-state index is 13.5. The Morgan fingerprint density at radius 1 is 0.968 bits per heavy atom. The molecule has 6 nitrogen and oxygen atoms in total. The van der Waals surface area contributed by atoms with Gasteiger partial charge < -0.3 is 14.6 Å². The van der Waals surface area contributed by atoms with Gasteiger partial charge in [0.05, 0.1) is 17.9 Å². The number of aliphatic hydroxyl groups is 1. The fraction of sp³-hybridized carbons (Fsp3) is 0.174. The number of aromatic nitrogens is 2. The zero-order valence-electron chi connectivity index (χ0n) is 16.4. The highest BCUT2D eigenvalue weighted by molar-refractivity contribution is 6.46. The first-order chi connectivity index (χ1) is 15.0. The van der Waals surface area contributed by atoms with Crippen LogP contribution in [0, 0.1) is 11.6 Å². The topological polar surface area (TPSA) is 75.4 Å². The Balaban J connectivity index is 1.72. The summed E-state index contributed by atoms with van der Waals surface area (Å²) in [4.78, 5) is 31.0. The standard InChI is InChI=1S/C23H19F2N3O3/c24-17-6-2-15(3-7-17)20-19(21(29)16-4-8-18(25)9-5-16)22(30)23(31)28(20)12-1-11-27-13-10-26-14-27/h2-10,13-14,20,29H,1,11-12H2. The lowest BCUT2D eigenvalue weighted by Gasteiger charge is -2.25. The van der Waals surface area contributed by atoms with E-state index in [4.69, 9.17) is 0 Å². The van der Waals surface area contributed by atoms with Crippen molar-refractivity contribution in [2.45, 2.75) is 19.0 Å². The number of amides is 1. The summed E-state index contributed by atoms with van der Waals surface area (Å²) in [5.74, 6) is -2.93. The molecule has 1 atom stereocenters. The Morgan fingerprint density at radius 3 is 2.23 bits per heavy atom. The van der Waals surface area contributed by atoms with Crippen molar-refractivity contribution < 1.29 is 23.5 Å². The molecule has 2 heterocycles. The number of aliphatic hydroxyl groups excluding tert-OH is 1. The monoisotopic (exact) mass is 423 g/mol. The summed E-state index contributed by atoms with van der Waals surface area (Å²) in [5, 5.41) is 10.9. The van der Waals surface area contributed by atoms with E-state index in [9.17, 15) is 23.5 Å². The largest absolute Gasteiger partial charge is 0.507 e. The molecule has 1 unspecified atom stereocenters. The number of nitrogens with zero attached hydrogens (tertiary/aromatic N) is 3. The van der Waals surface area contributed by atoms with Gasteiger partial charge in [-0.05, 0) is 48.4 Å². The number of aryl methyl sites for hydroxylation is 1. The van der Waals surface area contributed by atoms with Crippen LogP contribution in [0.2, 0.25) is 0 Å². The van der Waals surface area contributed by atoms with Crippen molar-refractivity contribution in [2.75, 3.05) is 6.54 Å². The number of hydrogen-bond donors (Lipinski definition) is 1. The Kier molecular flexibility index (Phi) is 5.62. The summed E-state index contributed by atoms with van der Waals surface area (Å²) in [6.45, 7) is 0.822. The Bertz CT molecular complexity index is 1120. The third-order valence-corrected chi connectivity index (χ3v) is 5.22. The van der Waals surface area contributed by atoms with Gasteiger partial charge in [0.15, 0.2) is 0 Å². The molecule has 1 aliphatic rings. The SMILES string of the molecule is O=C1C(=O)N(CCCn2ccnc2)C(c2ccc(F)cc2)C1=C(O)c1ccc(F)cc1. The molecule has 0 aliphatic carbocycles.